The topological polar surface area (TPSA) is 51.2 Å². The Kier molecular flexibility index (Phi) is 5.23. The summed E-state index contributed by atoms with van der Waals surface area (Å²) in [5.41, 5.74) is 1.77. The highest BCUT2D eigenvalue weighted by atomic mass is 32.1. The molecular weight excluding hydrogens is 320 g/mol. The lowest BCUT2D eigenvalue weighted by molar-refractivity contribution is -0.111. The highest BCUT2D eigenvalue weighted by Gasteiger charge is 2.05. The van der Waals surface area contributed by atoms with Crippen molar-refractivity contribution in [3.8, 4) is 5.75 Å². The molecule has 3 rings (SSSR count). The van der Waals surface area contributed by atoms with Crippen molar-refractivity contribution in [3.63, 3.8) is 0 Å². The number of para-hydroxylation sites is 2. The first kappa shape index (κ1) is 16.2. The number of fused-ring (bicyclic) bond motifs is 1. The highest BCUT2D eigenvalue weighted by Crippen LogP contribution is 2.25. The number of hydrogen-bond acceptors (Lipinski definition) is 4. The summed E-state index contributed by atoms with van der Waals surface area (Å²) in [6.07, 6.45) is 4.20. The van der Waals surface area contributed by atoms with Gasteiger partial charge in [0.05, 0.1) is 16.8 Å². The van der Waals surface area contributed by atoms with E-state index in [1.54, 1.807) is 6.08 Å². The van der Waals surface area contributed by atoms with E-state index in [0.29, 0.717) is 11.7 Å². The zero-order chi connectivity index (χ0) is 16.8. The van der Waals surface area contributed by atoms with Crippen LogP contribution in [0, 0.1) is 0 Å². The predicted molar refractivity (Wildman–Crippen MR) is 99.5 cm³/mol. The Bertz CT molecular complexity index is 837. The lowest BCUT2D eigenvalue weighted by Gasteiger charge is -2.07. The van der Waals surface area contributed by atoms with E-state index >= 15 is 0 Å². The third-order valence-electron chi connectivity index (χ3n) is 3.32. The van der Waals surface area contributed by atoms with E-state index in [2.05, 4.69) is 17.2 Å². The van der Waals surface area contributed by atoms with Crippen molar-refractivity contribution < 1.29 is 9.53 Å². The fourth-order valence-corrected chi connectivity index (χ4v) is 3.07. The van der Waals surface area contributed by atoms with Crippen LogP contribution in [0.3, 0.4) is 0 Å². The molecule has 0 aliphatic heterocycles. The molecule has 0 saturated carbocycles. The zero-order valence-corrected chi connectivity index (χ0v) is 14.2. The molecule has 0 atom stereocenters. The highest BCUT2D eigenvalue weighted by molar-refractivity contribution is 7.22. The SMILES string of the molecule is CCCOc1ccccc1/C=C/C(=O)Nc1nc2ccccc2s1. The lowest BCUT2D eigenvalue weighted by Crippen LogP contribution is -2.07. The number of carbonyl (C=O) groups is 1. The van der Waals surface area contributed by atoms with Crippen LogP contribution in [0.5, 0.6) is 5.75 Å². The van der Waals surface area contributed by atoms with Gasteiger partial charge in [-0.3, -0.25) is 10.1 Å². The van der Waals surface area contributed by atoms with Gasteiger partial charge < -0.3 is 4.74 Å². The summed E-state index contributed by atoms with van der Waals surface area (Å²) in [6, 6.07) is 15.5. The standard InChI is InChI=1S/C19H18N2O2S/c1-2-13-23-16-9-5-3-7-14(16)11-12-18(22)21-19-20-15-8-4-6-10-17(15)24-19/h3-12H,2,13H2,1H3,(H,20,21,22)/b12-11+. The Morgan fingerprint density at radius 3 is 2.83 bits per heavy atom. The van der Waals surface area contributed by atoms with Crippen LogP contribution in [-0.4, -0.2) is 17.5 Å². The number of thiazole rings is 1. The van der Waals surface area contributed by atoms with E-state index in [1.165, 1.54) is 17.4 Å². The number of ether oxygens (including phenoxy) is 1. The van der Waals surface area contributed by atoms with Gasteiger partial charge in [-0.1, -0.05) is 48.6 Å². The molecule has 0 radical (unpaired) electrons. The summed E-state index contributed by atoms with van der Waals surface area (Å²) in [5, 5.41) is 3.40. The van der Waals surface area contributed by atoms with E-state index in [4.69, 9.17) is 4.74 Å². The normalized spacial score (nSPS) is 11.0. The number of benzene rings is 2. The molecular formula is C19H18N2O2S. The molecule has 2 aromatic carbocycles. The minimum atomic E-state index is -0.209. The van der Waals surface area contributed by atoms with Crippen LogP contribution in [0.1, 0.15) is 18.9 Å². The van der Waals surface area contributed by atoms with Crippen LogP contribution >= 0.6 is 11.3 Å². The molecule has 0 bridgehead atoms. The Morgan fingerprint density at radius 2 is 2.00 bits per heavy atom. The number of amides is 1. The van der Waals surface area contributed by atoms with Gasteiger partial charge in [-0.15, -0.1) is 0 Å². The van der Waals surface area contributed by atoms with Crippen molar-refractivity contribution in [1.82, 2.24) is 4.98 Å². The number of rotatable bonds is 6. The van der Waals surface area contributed by atoms with Crippen LogP contribution < -0.4 is 10.1 Å². The number of nitrogens with one attached hydrogen (secondary N) is 1. The number of anilines is 1. The van der Waals surface area contributed by atoms with E-state index in [9.17, 15) is 4.79 Å². The molecule has 24 heavy (non-hydrogen) atoms. The van der Waals surface area contributed by atoms with Crippen molar-refractivity contribution in [2.75, 3.05) is 11.9 Å². The molecule has 0 spiro atoms. The van der Waals surface area contributed by atoms with Gasteiger partial charge in [-0.25, -0.2) is 4.98 Å². The van der Waals surface area contributed by atoms with E-state index in [0.717, 1.165) is 28.0 Å². The Balaban J connectivity index is 1.69. The maximum atomic E-state index is 12.1. The smallest absolute Gasteiger partial charge is 0.250 e. The van der Waals surface area contributed by atoms with Crippen LogP contribution in [0.15, 0.2) is 54.6 Å². The number of aromatic nitrogens is 1. The third-order valence-corrected chi connectivity index (χ3v) is 4.27. The second kappa shape index (κ2) is 7.75. The van der Waals surface area contributed by atoms with Crippen molar-refractivity contribution >= 4 is 38.7 Å². The predicted octanol–water partition coefficient (Wildman–Crippen LogP) is 4.74. The summed E-state index contributed by atoms with van der Waals surface area (Å²) in [5.74, 6) is 0.572. The molecule has 0 aliphatic rings. The number of hydrogen-bond donors (Lipinski definition) is 1. The molecule has 122 valence electrons. The largest absolute Gasteiger partial charge is 0.493 e. The second-order valence-electron chi connectivity index (χ2n) is 5.20. The second-order valence-corrected chi connectivity index (χ2v) is 6.23. The zero-order valence-electron chi connectivity index (χ0n) is 13.4. The molecule has 5 heteroatoms. The average molecular weight is 338 g/mol. The van der Waals surface area contributed by atoms with Gasteiger partial charge in [0.25, 0.3) is 0 Å². The summed E-state index contributed by atoms with van der Waals surface area (Å²) in [7, 11) is 0. The number of nitrogens with zero attached hydrogens (tertiary/aromatic N) is 1. The van der Waals surface area contributed by atoms with E-state index in [1.807, 2.05) is 48.5 Å². The van der Waals surface area contributed by atoms with Gasteiger partial charge in [-0.05, 0) is 30.7 Å². The van der Waals surface area contributed by atoms with Crippen LogP contribution in [0.4, 0.5) is 5.13 Å². The van der Waals surface area contributed by atoms with Crippen molar-refractivity contribution in [2.24, 2.45) is 0 Å². The van der Waals surface area contributed by atoms with Crippen molar-refractivity contribution in [2.45, 2.75) is 13.3 Å². The van der Waals surface area contributed by atoms with Crippen molar-refractivity contribution in [3.05, 3.63) is 60.2 Å². The van der Waals surface area contributed by atoms with Crippen LogP contribution in [-0.2, 0) is 4.79 Å². The monoisotopic (exact) mass is 338 g/mol. The molecule has 1 aromatic heterocycles. The molecule has 4 nitrogen and oxygen atoms in total. The van der Waals surface area contributed by atoms with Gasteiger partial charge in [-0.2, -0.15) is 0 Å². The molecule has 0 fully saturated rings. The van der Waals surface area contributed by atoms with Crippen LogP contribution in [0.2, 0.25) is 0 Å². The molecule has 1 amide bonds. The molecule has 1 heterocycles. The maximum absolute atomic E-state index is 12.1. The molecule has 0 unspecified atom stereocenters. The van der Waals surface area contributed by atoms with E-state index < -0.39 is 0 Å². The third kappa shape index (κ3) is 4.00. The Morgan fingerprint density at radius 1 is 1.21 bits per heavy atom. The Hall–Kier alpha value is -2.66. The minimum Gasteiger partial charge on any atom is -0.493 e. The maximum Gasteiger partial charge on any atom is 0.250 e. The first-order valence-corrected chi connectivity index (χ1v) is 8.64. The Labute approximate surface area is 144 Å². The minimum absolute atomic E-state index is 0.209. The average Bonchev–Trinajstić information content (AvgIpc) is 3.01. The first-order chi connectivity index (χ1) is 11.8. The summed E-state index contributed by atoms with van der Waals surface area (Å²) >= 11 is 1.46. The molecule has 0 saturated heterocycles. The molecule has 0 aliphatic carbocycles. The summed E-state index contributed by atoms with van der Waals surface area (Å²) in [4.78, 5) is 16.5. The van der Waals surface area contributed by atoms with Crippen molar-refractivity contribution in [1.29, 1.82) is 0 Å². The quantitative estimate of drug-likeness (QED) is 0.661. The number of carbonyl (C=O) groups excluding carboxylic acids is 1. The molecule has 3 aromatic rings. The lowest BCUT2D eigenvalue weighted by atomic mass is 10.2. The fourth-order valence-electron chi connectivity index (χ4n) is 2.20. The first-order valence-electron chi connectivity index (χ1n) is 7.82. The van der Waals surface area contributed by atoms with E-state index in [-0.39, 0.29) is 5.91 Å². The van der Waals surface area contributed by atoms with Gasteiger partial charge in [0.1, 0.15) is 5.75 Å². The fraction of sp³-hybridized carbons (Fsp3) is 0.158. The summed E-state index contributed by atoms with van der Waals surface area (Å²) < 4.78 is 6.73. The summed E-state index contributed by atoms with van der Waals surface area (Å²) in [6.45, 7) is 2.71. The van der Waals surface area contributed by atoms with Gasteiger partial charge >= 0.3 is 0 Å². The van der Waals surface area contributed by atoms with Gasteiger partial charge in [0.15, 0.2) is 5.13 Å². The van der Waals surface area contributed by atoms with Gasteiger partial charge in [0, 0.05) is 11.6 Å². The van der Waals surface area contributed by atoms with Crippen LogP contribution in [0.25, 0.3) is 16.3 Å². The van der Waals surface area contributed by atoms with Gasteiger partial charge in [0.2, 0.25) is 5.91 Å². The molecule has 1 N–H and O–H groups in total.